The average Bonchev–Trinajstić information content (AvgIpc) is 3.38. The molecule has 0 aliphatic carbocycles. The van der Waals surface area contributed by atoms with E-state index in [4.69, 9.17) is 0 Å². The topological polar surface area (TPSA) is 72.2 Å². The first-order chi connectivity index (χ1) is 13.7. The van der Waals surface area contributed by atoms with Crippen LogP contribution in [0.2, 0.25) is 0 Å². The second kappa shape index (κ2) is 7.90. The molecule has 4 aromatic rings. The molecule has 7 heteroatoms. The van der Waals surface area contributed by atoms with Crippen molar-refractivity contribution in [2.45, 2.75) is 32.7 Å². The molecule has 0 aliphatic rings. The van der Waals surface area contributed by atoms with E-state index < -0.39 is 0 Å². The zero-order valence-corrected chi connectivity index (χ0v) is 16.6. The van der Waals surface area contributed by atoms with Crippen LogP contribution in [0.4, 0.5) is 0 Å². The summed E-state index contributed by atoms with van der Waals surface area (Å²) < 4.78 is 1.58. The van der Waals surface area contributed by atoms with Crippen LogP contribution < -0.4 is 5.32 Å². The Bertz CT molecular complexity index is 1090. The number of carbonyl (C=O) groups excluding carboxylic acids is 1. The molecule has 1 atom stereocenters. The van der Waals surface area contributed by atoms with Crippen LogP contribution in [-0.2, 0) is 6.42 Å². The highest BCUT2D eigenvalue weighted by atomic mass is 32.1. The molecular weight excluding hydrogens is 370 g/mol. The van der Waals surface area contributed by atoms with Crippen LogP contribution >= 0.6 is 11.3 Å². The third-order valence-electron chi connectivity index (χ3n) is 4.59. The lowest BCUT2D eigenvalue weighted by molar-refractivity contribution is 0.0933. The van der Waals surface area contributed by atoms with Crippen LogP contribution in [0.1, 0.15) is 51.7 Å². The lowest BCUT2D eigenvalue weighted by atomic mass is 10.0. The zero-order chi connectivity index (χ0) is 19.5. The maximum Gasteiger partial charge on any atom is 0.291 e. The minimum absolute atomic E-state index is 0.117. The Hall–Kier alpha value is -3.06. The Morgan fingerprint density at radius 3 is 2.71 bits per heavy atom. The summed E-state index contributed by atoms with van der Waals surface area (Å²) in [6.07, 6.45) is 3.82. The summed E-state index contributed by atoms with van der Waals surface area (Å²) in [4.78, 5) is 22.4. The second-order valence-electron chi connectivity index (χ2n) is 6.65. The number of fused-ring (bicyclic) bond motifs is 1. The summed E-state index contributed by atoms with van der Waals surface area (Å²) in [5.74, 6) is 0.216. The monoisotopic (exact) mass is 391 g/mol. The van der Waals surface area contributed by atoms with E-state index in [-0.39, 0.29) is 17.8 Å². The van der Waals surface area contributed by atoms with Gasteiger partial charge in [0, 0.05) is 16.8 Å². The largest absolute Gasteiger partial charge is 0.338 e. The molecule has 6 nitrogen and oxygen atoms in total. The fourth-order valence-corrected chi connectivity index (χ4v) is 3.94. The number of nitrogens with zero attached hydrogens (tertiary/aromatic N) is 4. The molecule has 3 heterocycles. The van der Waals surface area contributed by atoms with Gasteiger partial charge >= 0.3 is 0 Å². The van der Waals surface area contributed by atoms with Gasteiger partial charge in [0.05, 0.1) is 6.04 Å². The van der Waals surface area contributed by atoms with Crippen molar-refractivity contribution in [2.24, 2.45) is 0 Å². The van der Waals surface area contributed by atoms with Crippen molar-refractivity contribution in [2.75, 3.05) is 0 Å². The van der Waals surface area contributed by atoms with Crippen molar-refractivity contribution in [1.29, 1.82) is 0 Å². The van der Waals surface area contributed by atoms with Gasteiger partial charge in [-0.3, -0.25) is 4.79 Å². The fourth-order valence-electron chi connectivity index (χ4n) is 3.14. The molecule has 0 bridgehead atoms. The van der Waals surface area contributed by atoms with Gasteiger partial charge in [-0.15, -0.1) is 16.4 Å². The van der Waals surface area contributed by atoms with Crippen LogP contribution in [0, 0.1) is 6.92 Å². The number of rotatable bonds is 6. The summed E-state index contributed by atoms with van der Waals surface area (Å²) in [5, 5.41) is 9.41. The van der Waals surface area contributed by atoms with E-state index in [9.17, 15) is 4.79 Å². The normalized spacial score (nSPS) is 12.2. The number of amides is 1. The van der Waals surface area contributed by atoms with Gasteiger partial charge in [-0.05, 0) is 42.0 Å². The van der Waals surface area contributed by atoms with Gasteiger partial charge in [0.1, 0.15) is 0 Å². The zero-order valence-electron chi connectivity index (χ0n) is 15.8. The predicted octanol–water partition coefficient (Wildman–Crippen LogP) is 3.97. The van der Waals surface area contributed by atoms with Gasteiger partial charge in [-0.2, -0.15) is 4.98 Å². The minimum atomic E-state index is -0.319. The summed E-state index contributed by atoms with van der Waals surface area (Å²) in [6, 6.07) is 14.0. The molecule has 1 aromatic carbocycles. The third kappa shape index (κ3) is 3.66. The molecule has 1 unspecified atom stereocenters. The van der Waals surface area contributed by atoms with Crippen molar-refractivity contribution in [3.63, 3.8) is 0 Å². The van der Waals surface area contributed by atoms with E-state index in [0.717, 1.165) is 29.0 Å². The van der Waals surface area contributed by atoms with Crippen molar-refractivity contribution < 1.29 is 4.79 Å². The van der Waals surface area contributed by atoms with E-state index in [1.54, 1.807) is 22.0 Å². The first kappa shape index (κ1) is 18.3. The molecular formula is C21H21N5OS. The Labute approximate surface area is 167 Å². The first-order valence-electron chi connectivity index (χ1n) is 9.27. The lowest BCUT2D eigenvalue weighted by Crippen LogP contribution is -2.29. The van der Waals surface area contributed by atoms with Gasteiger partial charge < -0.3 is 5.32 Å². The van der Waals surface area contributed by atoms with Crippen molar-refractivity contribution in [3.05, 3.63) is 81.6 Å². The summed E-state index contributed by atoms with van der Waals surface area (Å²) in [5.41, 5.74) is 3.21. The number of aryl methyl sites for hydroxylation is 2. The first-order valence-corrected chi connectivity index (χ1v) is 10.1. The van der Waals surface area contributed by atoms with Crippen LogP contribution in [0.3, 0.4) is 0 Å². The van der Waals surface area contributed by atoms with Crippen LogP contribution in [0.5, 0.6) is 0 Å². The predicted molar refractivity (Wildman–Crippen MR) is 110 cm³/mol. The SMILES string of the molecule is CCCc1ccc(C(NC(=O)c2nc3nccc(C)n3n2)c2cccs2)cc1. The van der Waals surface area contributed by atoms with E-state index in [2.05, 4.69) is 51.6 Å². The second-order valence-corrected chi connectivity index (χ2v) is 7.63. The highest BCUT2D eigenvalue weighted by molar-refractivity contribution is 7.10. The smallest absolute Gasteiger partial charge is 0.291 e. The molecule has 0 spiro atoms. The van der Waals surface area contributed by atoms with Gasteiger partial charge in [0.15, 0.2) is 0 Å². The standard InChI is InChI=1S/C21H21N5OS/c1-3-5-15-7-9-16(10-8-15)18(17-6-4-13-28-17)23-20(27)19-24-21-22-12-11-14(2)26(21)25-19/h4,6-13,18H,3,5H2,1-2H3,(H,23,27). The van der Waals surface area contributed by atoms with Crippen molar-refractivity contribution in [1.82, 2.24) is 24.9 Å². The Kier molecular flexibility index (Phi) is 5.16. The average molecular weight is 392 g/mol. The number of hydrogen-bond acceptors (Lipinski definition) is 5. The van der Waals surface area contributed by atoms with Crippen LogP contribution in [-0.4, -0.2) is 25.5 Å². The van der Waals surface area contributed by atoms with Crippen molar-refractivity contribution in [3.8, 4) is 0 Å². The summed E-state index contributed by atoms with van der Waals surface area (Å²) >= 11 is 1.61. The Morgan fingerprint density at radius 2 is 2.04 bits per heavy atom. The highest BCUT2D eigenvalue weighted by Gasteiger charge is 2.22. The molecule has 28 heavy (non-hydrogen) atoms. The van der Waals surface area contributed by atoms with Gasteiger partial charge in [0.25, 0.3) is 11.7 Å². The number of benzene rings is 1. The number of hydrogen-bond donors (Lipinski definition) is 1. The molecule has 4 rings (SSSR count). The maximum absolute atomic E-state index is 12.9. The number of thiophene rings is 1. The van der Waals surface area contributed by atoms with Crippen molar-refractivity contribution >= 4 is 23.0 Å². The fraction of sp³-hybridized carbons (Fsp3) is 0.238. The van der Waals surface area contributed by atoms with E-state index in [0.29, 0.717) is 5.78 Å². The number of aromatic nitrogens is 4. The van der Waals surface area contributed by atoms with Crippen LogP contribution in [0.25, 0.3) is 5.78 Å². The van der Waals surface area contributed by atoms with E-state index >= 15 is 0 Å². The molecule has 3 aromatic heterocycles. The van der Waals surface area contributed by atoms with Gasteiger partial charge in [-0.1, -0.05) is 43.7 Å². The third-order valence-corrected chi connectivity index (χ3v) is 5.53. The molecule has 142 valence electrons. The molecule has 0 saturated heterocycles. The lowest BCUT2D eigenvalue weighted by Gasteiger charge is -2.17. The summed E-state index contributed by atoms with van der Waals surface area (Å²) in [6.45, 7) is 4.07. The van der Waals surface area contributed by atoms with Gasteiger partial charge in [-0.25, -0.2) is 9.50 Å². The summed E-state index contributed by atoms with van der Waals surface area (Å²) in [7, 11) is 0. The molecule has 0 fully saturated rings. The quantitative estimate of drug-likeness (QED) is 0.540. The van der Waals surface area contributed by atoms with Crippen LogP contribution in [0.15, 0.2) is 54.0 Å². The Balaban J connectivity index is 1.63. The van der Waals surface area contributed by atoms with E-state index in [1.165, 1.54) is 5.56 Å². The number of nitrogens with one attached hydrogen (secondary N) is 1. The van der Waals surface area contributed by atoms with Gasteiger partial charge in [0.2, 0.25) is 5.82 Å². The maximum atomic E-state index is 12.9. The number of carbonyl (C=O) groups is 1. The Morgan fingerprint density at radius 1 is 1.21 bits per heavy atom. The molecule has 0 saturated carbocycles. The minimum Gasteiger partial charge on any atom is -0.338 e. The highest BCUT2D eigenvalue weighted by Crippen LogP contribution is 2.27. The molecule has 1 amide bonds. The molecule has 1 N–H and O–H groups in total. The molecule has 0 aliphatic heterocycles. The van der Waals surface area contributed by atoms with E-state index in [1.807, 2.05) is 30.5 Å². The molecule has 0 radical (unpaired) electrons.